The summed E-state index contributed by atoms with van der Waals surface area (Å²) in [5.41, 5.74) is 3.14. The summed E-state index contributed by atoms with van der Waals surface area (Å²) in [5.74, 6) is 1.28. The zero-order valence-electron chi connectivity index (χ0n) is 17.6. The van der Waals surface area contributed by atoms with Gasteiger partial charge in [-0.15, -0.1) is 0 Å². The third kappa shape index (κ3) is 5.91. The fourth-order valence-electron chi connectivity index (χ4n) is 3.37. The lowest BCUT2D eigenvalue weighted by molar-refractivity contribution is -0.135. The van der Waals surface area contributed by atoms with Crippen LogP contribution in [0.15, 0.2) is 48.5 Å². The van der Waals surface area contributed by atoms with Gasteiger partial charge in [-0.3, -0.25) is 14.5 Å². The summed E-state index contributed by atoms with van der Waals surface area (Å²) >= 11 is 0. The molecule has 1 amide bonds. The van der Waals surface area contributed by atoms with Crippen molar-refractivity contribution in [2.24, 2.45) is 0 Å². The van der Waals surface area contributed by atoms with Crippen LogP contribution in [-0.4, -0.2) is 60.8 Å². The van der Waals surface area contributed by atoms with Gasteiger partial charge in [-0.1, -0.05) is 55.8 Å². The quantitative estimate of drug-likeness (QED) is 0.674. The van der Waals surface area contributed by atoms with Crippen LogP contribution >= 0.6 is 0 Å². The Labute approximate surface area is 173 Å². The molecule has 0 atom stereocenters. The Hall–Kier alpha value is -2.66. The number of ketones is 1. The summed E-state index contributed by atoms with van der Waals surface area (Å²) in [6, 6.07) is 15.6. The molecule has 5 heteroatoms. The number of hydrogen-bond donors (Lipinski definition) is 0. The van der Waals surface area contributed by atoms with E-state index in [1.54, 1.807) is 0 Å². The van der Waals surface area contributed by atoms with E-state index in [2.05, 4.69) is 18.7 Å². The SMILES string of the molecule is Cc1ccc(OCC(=O)N2CCN(CC(=O)c3ccc(C(C)C)cc3)CC2)cc1. The maximum atomic E-state index is 12.6. The van der Waals surface area contributed by atoms with Gasteiger partial charge in [0.05, 0.1) is 6.54 Å². The summed E-state index contributed by atoms with van der Waals surface area (Å²) in [4.78, 5) is 28.9. The lowest BCUT2D eigenvalue weighted by Gasteiger charge is -2.34. The molecule has 0 unspecified atom stereocenters. The molecule has 2 aromatic rings. The lowest BCUT2D eigenvalue weighted by Crippen LogP contribution is -2.51. The summed E-state index contributed by atoms with van der Waals surface area (Å²) in [7, 11) is 0. The smallest absolute Gasteiger partial charge is 0.260 e. The molecule has 0 saturated carbocycles. The molecule has 0 spiro atoms. The van der Waals surface area contributed by atoms with Crippen LogP contribution in [0.25, 0.3) is 0 Å². The molecule has 5 nitrogen and oxygen atoms in total. The zero-order valence-corrected chi connectivity index (χ0v) is 17.6. The van der Waals surface area contributed by atoms with Crippen molar-refractivity contribution in [3.05, 3.63) is 65.2 Å². The van der Waals surface area contributed by atoms with Gasteiger partial charge in [0.2, 0.25) is 0 Å². The molecule has 1 aliphatic rings. The Morgan fingerprint density at radius 2 is 1.55 bits per heavy atom. The predicted molar refractivity (Wildman–Crippen MR) is 115 cm³/mol. The number of carbonyl (C=O) groups is 2. The molecular weight excluding hydrogens is 364 g/mol. The standard InChI is InChI=1S/C24H30N2O3/c1-18(2)20-6-8-21(9-7-20)23(27)16-25-12-14-26(15-13-25)24(28)17-29-22-10-4-19(3)5-11-22/h4-11,18H,12-17H2,1-3H3. The molecule has 1 aliphatic heterocycles. The van der Waals surface area contributed by atoms with Crippen LogP contribution in [0.1, 0.15) is 41.3 Å². The van der Waals surface area contributed by atoms with E-state index in [0.717, 1.165) is 11.1 Å². The molecule has 3 rings (SSSR count). The van der Waals surface area contributed by atoms with Crippen LogP contribution < -0.4 is 4.74 Å². The third-order valence-corrected chi connectivity index (χ3v) is 5.37. The maximum absolute atomic E-state index is 12.6. The van der Waals surface area contributed by atoms with Crippen LogP contribution in [0.2, 0.25) is 0 Å². The van der Waals surface area contributed by atoms with Crippen LogP contribution in [0.3, 0.4) is 0 Å². The van der Waals surface area contributed by atoms with E-state index in [-0.39, 0.29) is 18.3 Å². The third-order valence-electron chi connectivity index (χ3n) is 5.37. The Morgan fingerprint density at radius 3 is 2.14 bits per heavy atom. The molecule has 1 fully saturated rings. The number of nitrogens with zero attached hydrogens (tertiary/aromatic N) is 2. The number of rotatable bonds is 7. The van der Waals surface area contributed by atoms with Gasteiger partial charge in [0.25, 0.3) is 5.91 Å². The normalized spacial score (nSPS) is 14.8. The van der Waals surface area contributed by atoms with Gasteiger partial charge in [0, 0.05) is 31.7 Å². The number of carbonyl (C=O) groups excluding carboxylic acids is 2. The Kier molecular flexibility index (Phi) is 7.04. The fraction of sp³-hybridized carbons (Fsp3) is 0.417. The van der Waals surface area contributed by atoms with Crippen LogP contribution in [-0.2, 0) is 4.79 Å². The molecule has 2 aromatic carbocycles. The summed E-state index contributed by atoms with van der Waals surface area (Å²) < 4.78 is 5.59. The van der Waals surface area contributed by atoms with Crippen LogP contribution in [0.5, 0.6) is 5.75 Å². The van der Waals surface area contributed by atoms with Gasteiger partial charge < -0.3 is 9.64 Å². The van der Waals surface area contributed by atoms with Crippen molar-refractivity contribution in [1.82, 2.24) is 9.80 Å². The predicted octanol–water partition coefficient (Wildman–Crippen LogP) is 3.52. The number of ether oxygens (including phenoxy) is 1. The largest absolute Gasteiger partial charge is 0.484 e. The lowest BCUT2D eigenvalue weighted by atomic mass is 10.0. The van der Waals surface area contributed by atoms with Gasteiger partial charge in [-0.25, -0.2) is 0 Å². The first kappa shape index (κ1) is 21.1. The second-order valence-corrected chi connectivity index (χ2v) is 7.96. The number of piperazine rings is 1. The van der Waals surface area contributed by atoms with Crippen molar-refractivity contribution >= 4 is 11.7 Å². The van der Waals surface area contributed by atoms with Crippen molar-refractivity contribution in [2.45, 2.75) is 26.7 Å². The minimum absolute atomic E-state index is 0.0131. The average Bonchev–Trinajstić information content (AvgIpc) is 2.73. The monoisotopic (exact) mass is 394 g/mol. The molecule has 0 radical (unpaired) electrons. The van der Waals surface area contributed by atoms with Crippen molar-refractivity contribution in [3.63, 3.8) is 0 Å². The summed E-state index contributed by atoms with van der Waals surface area (Å²) in [6.07, 6.45) is 0. The highest BCUT2D eigenvalue weighted by molar-refractivity contribution is 5.97. The zero-order chi connectivity index (χ0) is 20.8. The van der Waals surface area contributed by atoms with Crippen LogP contribution in [0, 0.1) is 6.92 Å². The van der Waals surface area contributed by atoms with E-state index < -0.39 is 0 Å². The van der Waals surface area contributed by atoms with E-state index in [9.17, 15) is 9.59 Å². The number of benzene rings is 2. The molecule has 1 saturated heterocycles. The Balaban J connectivity index is 1.43. The molecule has 0 N–H and O–H groups in total. The maximum Gasteiger partial charge on any atom is 0.260 e. The van der Waals surface area contributed by atoms with Crippen molar-refractivity contribution in [1.29, 1.82) is 0 Å². The van der Waals surface area contributed by atoms with Crippen LogP contribution in [0.4, 0.5) is 0 Å². The number of Topliss-reactive ketones (excluding diaryl/α,β-unsaturated/α-hetero) is 1. The second kappa shape index (κ2) is 9.70. The first-order valence-corrected chi connectivity index (χ1v) is 10.2. The number of amides is 1. The molecule has 29 heavy (non-hydrogen) atoms. The summed E-state index contributed by atoms with van der Waals surface area (Å²) in [5, 5.41) is 0. The van der Waals surface area contributed by atoms with Gasteiger partial charge in [-0.2, -0.15) is 0 Å². The van der Waals surface area contributed by atoms with Gasteiger partial charge in [0.15, 0.2) is 12.4 Å². The van der Waals surface area contributed by atoms with Crippen molar-refractivity contribution < 1.29 is 14.3 Å². The Morgan fingerprint density at radius 1 is 0.931 bits per heavy atom. The highest BCUT2D eigenvalue weighted by Gasteiger charge is 2.23. The first-order valence-electron chi connectivity index (χ1n) is 10.2. The number of hydrogen-bond acceptors (Lipinski definition) is 4. The second-order valence-electron chi connectivity index (χ2n) is 7.96. The van der Waals surface area contributed by atoms with E-state index in [1.807, 2.05) is 60.4 Å². The molecule has 1 heterocycles. The molecule has 154 valence electrons. The van der Waals surface area contributed by atoms with Gasteiger partial charge >= 0.3 is 0 Å². The van der Waals surface area contributed by atoms with E-state index >= 15 is 0 Å². The minimum atomic E-state index is -0.0131. The minimum Gasteiger partial charge on any atom is -0.484 e. The molecule has 0 bridgehead atoms. The van der Waals surface area contributed by atoms with Crippen molar-refractivity contribution in [3.8, 4) is 5.75 Å². The van der Waals surface area contributed by atoms with E-state index in [4.69, 9.17) is 4.74 Å². The Bertz CT molecular complexity index is 820. The fourth-order valence-corrected chi connectivity index (χ4v) is 3.37. The molecule has 0 aromatic heterocycles. The van der Waals surface area contributed by atoms with Crippen molar-refractivity contribution in [2.75, 3.05) is 39.3 Å². The first-order chi connectivity index (χ1) is 13.9. The summed E-state index contributed by atoms with van der Waals surface area (Å²) in [6.45, 7) is 9.38. The van der Waals surface area contributed by atoms with E-state index in [1.165, 1.54) is 5.56 Å². The van der Waals surface area contributed by atoms with Gasteiger partial charge in [-0.05, 0) is 30.5 Å². The van der Waals surface area contributed by atoms with Gasteiger partial charge in [0.1, 0.15) is 5.75 Å². The topological polar surface area (TPSA) is 49.9 Å². The molecule has 0 aliphatic carbocycles. The highest BCUT2D eigenvalue weighted by Crippen LogP contribution is 2.16. The highest BCUT2D eigenvalue weighted by atomic mass is 16.5. The molecular formula is C24H30N2O3. The number of aryl methyl sites for hydroxylation is 1. The van der Waals surface area contributed by atoms with E-state index in [0.29, 0.717) is 44.4 Å². The average molecular weight is 395 g/mol.